The molecular weight excluding hydrogens is 623 g/mol. The molecule has 248 valence electrons. The van der Waals surface area contributed by atoms with Gasteiger partial charge in [-0.05, 0) is 72.9 Å². The maximum atomic E-state index is 6.44. The zero-order valence-electron chi connectivity index (χ0n) is 28.8. The Balaban J connectivity index is 0.000000139. The molecule has 4 nitrogen and oxygen atoms in total. The third-order valence-electron chi connectivity index (χ3n) is 10.7. The standard InChI is InChI=1S/C25H18N2O.C22H21N/c26-27-14-15-13-21-18-9-2-1-7-16(18)17-8-3-4-10-19(17)24(21)25-23(15)20-11-5-6-12-22(20)28-25;1-22(2)18-12-7-6-11-17(18)21-19(22)13-8-14-20(21)23-15-16-9-4-3-5-10-16/h1-13,27H,14,26H2;3-14,23H,15H2,1-2H3. The van der Waals surface area contributed by atoms with Gasteiger partial charge in [-0.25, -0.2) is 0 Å². The fourth-order valence-electron chi connectivity index (χ4n) is 8.29. The maximum absolute atomic E-state index is 6.44. The SMILES string of the molecule is CC1(C)c2ccccc2-c2c(NCc3ccccc3)cccc21.NNCc1cc2c3ccccc3c3ccccc3c2c2oc3ccccc3c12. The van der Waals surface area contributed by atoms with Crippen molar-refractivity contribution >= 4 is 59.9 Å². The molecule has 0 aliphatic heterocycles. The van der Waals surface area contributed by atoms with Gasteiger partial charge in [0.25, 0.3) is 0 Å². The van der Waals surface area contributed by atoms with Crippen LogP contribution >= 0.6 is 0 Å². The first-order chi connectivity index (χ1) is 25.0. The molecule has 0 bridgehead atoms. The second-order valence-corrected chi connectivity index (χ2v) is 14.0. The molecule has 4 N–H and O–H groups in total. The highest BCUT2D eigenvalue weighted by Gasteiger charge is 2.36. The molecule has 51 heavy (non-hydrogen) atoms. The van der Waals surface area contributed by atoms with Gasteiger partial charge in [0.05, 0.1) is 0 Å². The van der Waals surface area contributed by atoms with E-state index in [9.17, 15) is 0 Å². The normalized spacial score (nSPS) is 13.0. The third kappa shape index (κ3) is 5.06. The number of anilines is 1. The summed E-state index contributed by atoms with van der Waals surface area (Å²) in [7, 11) is 0. The zero-order valence-corrected chi connectivity index (χ0v) is 28.8. The lowest BCUT2D eigenvalue weighted by Crippen LogP contribution is -2.20. The van der Waals surface area contributed by atoms with Crippen LogP contribution in [0.3, 0.4) is 0 Å². The minimum absolute atomic E-state index is 0.0658. The Labute approximate surface area is 297 Å². The molecule has 9 aromatic rings. The molecule has 1 aliphatic carbocycles. The van der Waals surface area contributed by atoms with Crippen LogP contribution in [0.25, 0.3) is 65.4 Å². The Kier molecular flexibility index (Phi) is 7.57. The molecule has 1 aliphatic rings. The van der Waals surface area contributed by atoms with E-state index in [1.807, 2.05) is 12.1 Å². The number of rotatable bonds is 5. The van der Waals surface area contributed by atoms with Crippen molar-refractivity contribution in [1.29, 1.82) is 0 Å². The Morgan fingerprint density at radius 1 is 0.549 bits per heavy atom. The van der Waals surface area contributed by atoms with Crippen molar-refractivity contribution in [2.24, 2.45) is 5.84 Å². The van der Waals surface area contributed by atoms with Gasteiger partial charge in [-0.15, -0.1) is 0 Å². The van der Waals surface area contributed by atoms with Crippen LogP contribution in [0.4, 0.5) is 5.69 Å². The van der Waals surface area contributed by atoms with Crippen molar-refractivity contribution in [1.82, 2.24) is 5.43 Å². The fraction of sp³-hybridized carbons (Fsp3) is 0.106. The lowest BCUT2D eigenvalue weighted by atomic mass is 9.82. The zero-order chi connectivity index (χ0) is 34.5. The second kappa shape index (κ2) is 12.4. The van der Waals surface area contributed by atoms with Gasteiger partial charge in [-0.3, -0.25) is 11.3 Å². The number of hydrogen-bond donors (Lipinski definition) is 3. The van der Waals surface area contributed by atoms with Crippen molar-refractivity contribution in [2.45, 2.75) is 32.4 Å². The molecule has 4 heteroatoms. The number of nitrogens with two attached hydrogens (primary N) is 1. The summed E-state index contributed by atoms with van der Waals surface area (Å²) in [6.45, 7) is 6.06. The van der Waals surface area contributed by atoms with Crippen LogP contribution in [0.1, 0.15) is 36.1 Å². The predicted molar refractivity (Wildman–Crippen MR) is 215 cm³/mol. The van der Waals surface area contributed by atoms with E-state index in [4.69, 9.17) is 10.3 Å². The number of para-hydroxylation sites is 1. The summed E-state index contributed by atoms with van der Waals surface area (Å²) in [5.41, 5.74) is 14.0. The Morgan fingerprint density at radius 2 is 1.16 bits per heavy atom. The lowest BCUT2D eigenvalue weighted by Gasteiger charge is -2.21. The third-order valence-corrected chi connectivity index (χ3v) is 10.7. The summed E-state index contributed by atoms with van der Waals surface area (Å²) >= 11 is 0. The molecule has 10 rings (SSSR count). The van der Waals surface area contributed by atoms with E-state index in [0.717, 1.165) is 34.0 Å². The highest BCUT2D eigenvalue weighted by Crippen LogP contribution is 2.51. The van der Waals surface area contributed by atoms with Crippen LogP contribution in [0.2, 0.25) is 0 Å². The summed E-state index contributed by atoms with van der Waals surface area (Å²) in [6, 6.07) is 53.6. The molecule has 0 unspecified atom stereocenters. The monoisotopic (exact) mass is 661 g/mol. The van der Waals surface area contributed by atoms with Gasteiger partial charge in [0.1, 0.15) is 11.2 Å². The average molecular weight is 662 g/mol. The number of fused-ring (bicyclic) bond motifs is 13. The Bertz CT molecular complexity index is 2740. The van der Waals surface area contributed by atoms with Crippen molar-refractivity contribution in [3.8, 4) is 11.1 Å². The molecule has 1 aromatic heterocycles. The molecule has 0 spiro atoms. The van der Waals surface area contributed by atoms with Gasteiger partial charge in [-0.1, -0.05) is 147 Å². The Morgan fingerprint density at radius 3 is 1.92 bits per heavy atom. The molecule has 0 saturated heterocycles. The van der Waals surface area contributed by atoms with E-state index in [0.29, 0.717) is 6.54 Å². The second-order valence-electron chi connectivity index (χ2n) is 14.0. The first-order valence-electron chi connectivity index (χ1n) is 17.7. The molecule has 0 atom stereocenters. The summed E-state index contributed by atoms with van der Waals surface area (Å²) in [5, 5.41) is 13.2. The van der Waals surface area contributed by atoms with Crippen LogP contribution in [-0.4, -0.2) is 0 Å². The minimum Gasteiger partial charge on any atom is -0.455 e. The number of furan rings is 1. The first kappa shape index (κ1) is 31.1. The molecule has 0 radical (unpaired) electrons. The van der Waals surface area contributed by atoms with Crippen molar-refractivity contribution in [3.05, 3.63) is 174 Å². The highest BCUT2D eigenvalue weighted by atomic mass is 16.3. The largest absolute Gasteiger partial charge is 0.455 e. The number of hydrogen-bond acceptors (Lipinski definition) is 4. The van der Waals surface area contributed by atoms with Gasteiger partial charge in [0.2, 0.25) is 0 Å². The van der Waals surface area contributed by atoms with E-state index in [2.05, 4.69) is 164 Å². The van der Waals surface area contributed by atoms with E-state index < -0.39 is 0 Å². The topological polar surface area (TPSA) is 63.2 Å². The summed E-state index contributed by atoms with van der Waals surface area (Å²) in [5.74, 6) is 5.73. The van der Waals surface area contributed by atoms with E-state index in [1.54, 1.807) is 0 Å². The van der Waals surface area contributed by atoms with Crippen LogP contribution in [0.15, 0.2) is 156 Å². The van der Waals surface area contributed by atoms with Crippen molar-refractivity contribution < 1.29 is 4.42 Å². The fourth-order valence-corrected chi connectivity index (χ4v) is 8.29. The first-order valence-corrected chi connectivity index (χ1v) is 17.7. The van der Waals surface area contributed by atoms with Gasteiger partial charge in [-0.2, -0.15) is 0 Å². The van der Waals surface area contributed by atoms with Gasteiger partial charge < -0.3 is 9.73 Å². The summed E-state index contributed by atoms with van der Waals surface area (Å²) in [4.78, 5) is 0. The predicted octanol–water partition coefficient (Wildman–Crippen LogP) is 11.6. The Hall–Kier alpha value is -5.94. The quantitative estimate of drug-likeness (QED) is 0.0976. The lowest BCUT2D eigenvalue weighted by molar-refractivity contribution is 0.660. The molecule has 0 fully saturated rings. The van der Waals surface area contributed by atoms with Crippen molar-refractivity contribution in [2.75, 3.05) is 5.32 Å². The van der Waals surface area contributed by atoms with Crippen LogP contribution < -0.4 is 16.6 Å². The smallest absolute Gasteiger partial charge is 0.144 e. The molecular formula is C47H39N3O. The average Bonchev–Trinajstić information content (AvgIpc) is 3.68. The van der Waals surface area contributed by atoms with E-state index in [1.165, 1.54) is 65.8 Å². The van der Waals surface area contributed by atoms with Crippen LogP contribution in [0.5, 0.6) is 0 Å². The molecule has 0 saturated carbocycles. The number of nitrogens with one attached hydrogen (secondary N) is 2. The maximum Gasteiger partial charge on any atom is 0.144 e. The summed E-state index contributed by atoms with van der Waals surface area (Å²) in [6.07, 6.45) is 0. The molecule has 1 heterocycles. The van der Waals surface area contributed by atoms with Gasteiger partial charge in [0, 0.05) is 45.9 Å². The highest BCUT2D eigenvalue weighted by molar-refractivity contribution is 6.32. The summed E-state index contributed by atoms with van der Waals surface area (Å²) < 4.78 is 6.44. The van der Waals surface area contributed by atoms with Crippen LogP contribution in [-0.2, 0) is 18.5 Å². The van der Waals surface area contributed by atoms with Gasteiger partial charge in [0.15, 0.2) is 0 Å². The van der Waals surface area contributed by atoms with Gasteiger partial charge >= 0.3 is 0 Å². The number of hydrazine groups is 1. The molecule has 8 aromatic carbocycles. The number of benzene rings is 8. The van der Waals surface area contributed by atoms with Crippen molar-refractivity contribution in [3.63, 3.8) is 0 Å². The minimum atomic E-state index is 0.0658. The van der Waals surface area contributed by atoms with Crippen LogP contribution in [0, 0.1) is 0 Å². The molecule has 0 amide bonds. The van der Waals surface area contributed by atoms with E-state index >= 15 is 0 Å². The van der Waals surface area contributed by atoms with E-state index in [-0.39, 0.29) is 5.41 Å².